The first-order valence-corrected chi connectivity index (χ1v) is 6.54. The standard InChI is InChI=1S/C14H22N2O2/c1-14(2,3)15-13(18)9-16-8-7-10-11(16)5-4-6-12(10)17/h7-8,12,17H,4-6,9H2,1-3H3,(H,15,18). The average Bonchev–Trinajstić information content (AvgIpc) is 2.60. The van der Waals surface area contributed by atoms with E-state index in [9.17, 15) is 9.90 Å². The third-order valence-electron chi connectivity index (χ3n) is 3.19. The molecule has 4 heteroatoms. The van der Waals surface area contributed by atoms with Crippen LogP contribution in [-0.4, -0.2) is 21.1 Å². The summed E-state index contributed by atoms with van der Waals surface area (Å²) in [4.78, 5) is 11.9. The number of aliphatic hydroxyl groups is 1. The van der Waals surface area contributed by atoms with Crippen molar-refractivity contribution in [1.29, 1.82) is 0 Å². The van der Waals surface area contributed by atoms with Crippen molar-refractivity contribution in [2.24, 2.45) is 0 Å². The van der Waals surface area contributed by atoms with Crippen LogP contribution in [0.2, 0.25) is 0 Å². The molecular formula is C14H22N2O2. The second-order valence-electron chi connectivity index (χ2n) is 6.05. The van der Waals surface area contributed by atoms with Crippen LogP contribution in [0.15, 0.2) is 12.3 Å². The summed E-state index contributed by atoms with van der Waals surface area (Å²) in [7, 11) is 0. The van der Waals surface area contributed by atoms with Gasteiger partial charge >= 0.3 is 0 Å². The lowest BCUT2D eigenvalue weighted by Crippen LogP contribution is -2.42. The van der Waals surface area contributed by atoms with Gasteiger partial charge in [0.05, 0.1) is 6.10 Å². The van der Waals surface area contributed by atoms with Crippen LogP contribution in [0, 0.1) is 0 Å². The van der Waals surface area contributed by atoms with E-state index < -0.39 is 0 Å². The Labute approximate surface area is 108 Å². The number of amides is 1. The first-order valence-electron chi connectivity index (χ1n) is 6.54. The highest BCUT2D eigenvalue weighted by Gasteiger charge is 2.22. The van der Waals surface area contributed by atoms with Crippen molar-refractivity contribution in [3.8, 4) is 0 Å². The molecule has 2 rings (SSSR count). The minimum Gasteiger partial charge on any atom is -0.388 e. The molecule has 0 saturated carbocycles. The predicted molar refractivity (Wildman–Crippen MR) is 70.2 cm³/mol. The number of nitrogens with one attached hydrogen (secondary N) is 1. The molecule has 1 aromatic rings. The molecule has 1 amide bonds. The summed E-state index contributed by atoms with van der Waals surface area (Å²) in [5.41, 5.74) is 1.90. The molecule has 2 N–H and O–H groups in total. The highest BCUT2D eigenvalue weighted by molar-refractivity contribution is 5.76. The van der Waals surface area contributed by atoms with Crippen LogP contribution in [0.25, 0.3) is 0 Å². The lowest BCUT2D eigenvalue weighted by Gasteiger charge is -2.23. The molecule has 0 saturated heterocycles. The van der Waals surface area contributed by atoms with E-state index in [1.165, 1.54) is 0 Å². The molecule has 0 spiro atoms. The largest absolute Gasteiger partial charge is 0.388 e. The fourth-order valence-corrected chi connectivity index (χ4v) is 2.49. The summed E-state index contributed by atoms with van der Waals surface area (Å²) in [5, 5.41) is 12.8. The first kappa shape index (κ1) is 13.1. The van der Waals surface area contributed by atoms with E-state index in [0.717, 1.165) is 30.5 Å². The molecule has 1 aromatic heterocycles. The van der Waals surface area contributed by atoms with Gasteiger partial charge in [0, 0.05) is 23.0 Å². The maximum absolute atomic E-state index is 11.9. The molecule has 1 heterocycles. The van der Waals surface area contributed by atoms with Gasteiger partial charge in [-0.15, -0.1) is 0 Å². The molecule has 0 aliphatic heterocycles. The number of carbonyl (C=O) groups excluding carboxylic acids is 1. The molecule has 4 nitrogen and oxygen atoms in total. The predicted octanol–water partition coefficient (Wildman–Crippen LogP) is 1.77. The van der Waals surface area contributed by atoms with Crippen LogP contribution in [0.5, 0.6) is 0 Å². The Kier molecular flexibility index (Phi) is 3.48. The van der Waals surface area contributed by atoms with Crippen molar-refractivity contribution in [3.05, 3.63) is 23.5 Å². The highest BCUT2D eigenvalue weighted by Crippen LogP contribution is 2.30. The van der Waals surface area contributed by atoms with Crippen molar-refractivity contribution < 1.29 is 9.90 Å². The van der Waals surface area contributed by atoms with Gasteiger partial charge in [-0.25, -0.2) is 0 Å². The first-order chi connectivity index (χ1) is 8.37. The molecule has 100 valence electrons. The smallest absolute Gasteiger partial charge is 0.240 e. The molecule has 1 unspecified atom stereocenters. The van der Waals surface area contributed by atoms with Gasteiger partial charge in [-0.1, -0.05) is 0 Å². The van der Waals surface area contributed by atoms with Crippen molar-refractivity contribution in [2.45, 2.75) is 58.2 Å². The van der Waals surface area contributed by atoms with Gasteiger partial charge in [-0.3, -0.25) is 4.79 Å². The van der Waals surface area contributed by atoms with Crippen LogP contribution in [-0.2, 0) is 17.8 Å². The number of aromatic nitrogens is 1. The molecule has 1 atom stereocenters. The second kappa shape index (κ2) is 4.76. The molecular weight excluding hydrogens is 228 g/mol. The molecule has 0 fully saturated rings. The van der Waals surface area contributed by atoms with Gasteiger partial charge < -0.3 is 15.0 Å². The zero-order valence-electron chi connectivity index (χ0n) is 11.4. The maximum Gasteiger partial charge on any atom is 0.240 e. The van der Waals surface area contributed by atoms with Crippen LogP contribution in [0.4, 0.5) is 0 Å². The zero-order chi connectivity index (χ0) is 13.3. The highest BCUT2D eigenvalue weighted by atomic mass is 16.3. The van der Waals surface area contributed by atoms with Gasteiger partial charge in [0.25, 0.3) is 0 Å². The molecule has 0 bridgehead atoms. The number of nitrogens with zero attached hydrogens (tertiary/aromatic N) is 1. The van der Waals surface area contributed by atoms with Crippen LogP contribution in [0.1, 0.15) is 51.0 Å². The lowest BCUT2D eigenvalue weighted by atomic mass is 9.95. The zero-order valence-corrected chi connectivity index (χ0v) is 11.4. The van der Waals surface area contributed by atoms with Gasteiger partial charge in [-0.2, -0.15) is 0 Å². The normalized spacial score (nSPS) is 19.4. The Balaban J connectivity index is 2.09. The second-order valence-corrected chi connectivity index (χ2v) is 6.05. The fourth-order valence-electron chi connectivity index (χ4n) is 2.49. The summed E-state index contributed by atoms with van der Waals surface area (Å²) >= 11 is 0. The van der Waals surface area contributed by atoms with E-state index in [4.69, 9.17) is 0 Å². The number of rotatable bonds is 2. The molecule has 1 aliphatic rings. The molecule has 18 heavy (non-hydrogen) atoms. The van der Waals surface area contributed by atoms with E-state index in [1.54, 1.807) is 0 Å². The monoisotopic (exact) mass is 250 g/mol. The quantitative estimate of drug-likeness (QED) is 0.840. The van der Waals surface area contributed by atoms with Crippen LogP contribution < -0.4 is 5.32 Å². The minimum absolute atomic E-state index is 0.0148. The van der Waals surface area contributed by atoms with Gasteiger partial charge in [0.1, 0.15) is 6.54 Å². The van der Waals surface area contributed by atoms with E-state index in [0.29, 0.717) is 6.54 Å². The number of aliphatic hydroxyl groups excluding tert-OH is 1. The number of hydrogen-bond donors (Lipinski definition) is 2. The van der Waals surface area contributed by atoms with E-state index in [1.807, 2.05) is 37.6 Å². The van der Waals surface area contributed by atoms with E-state index in [-0.39, 0.29) is 17.6 Å². The van der Waals surface area contributed by atoms with Crippen LogP contribution in [0.3, 0.4) is 0 Å². The van der Waals surface area contributed by atoms with Gasteiger partial charge in [0.2, 0.25) is 5.91 Å². The molecule has 0 aromatic carbocycles. The number of fused-ring (bicyclic) bond motifs is 1. The van der Waals surface area contributed by atoms with Crippen molar-refractivity contribution >= 4 is 5.91 Å². The summed E-state index contributed by atoms with van der Waals surface area (Å²) in [6.07, 6.45) is 4.30. The SMILES string of the molecule is CC(C)(C)NC(=O)Cn1ccc2c1CCCC2O. The van der Waals surface area contributed by atoms with Gasteiger partial charge in [0.15, 0.2) is 0 Å². The Morgan fingerprint density at radius 2 is 2.28 bits per heavy atom. The fraction of sp³-hybridized carbons (Fsp3) is 0.643. The Morgan fingerprint density at radius 1 is 1.56 bits per heavy atom. The third kappa shape index (κ3) is 2.93. The van der Waals surface area contributed by atoms with Crippen LogP contribution >= 0.6 is 0 Å². The summed E-state index contributed by atoms with van der Waals surface area (Å²) < 4.78 is 1.96. The summed E-state index contributed by atoms with van der Waals surface area (Å²) in [6, 6.07) is 1.93. The lowest BCUT2D eigenvalue weighted by molar-refractivity contribution is -0.123. The van der Waals surface area contributed by atoms with Crippen molar-refractivity contribution in [1.82, 2.24) is 9.88 Å². The Bertz CT molecular complexity index is 443. The molecule has 0 radical (unpaired) electrons. The van der Waals surface area contributed by atoms with Crippen molar-refractivity contribution in [3.63, 3.8) is 0 Å². The molecule has 1 aliphatic carbocycles. The van der Waals surface area contributed by atoms with E-state index >= 15 is 0 Å². The summed E-state index contributed by atoms with van der Waals surface area (Å²) in [6.45, 7) is 6.25. The Hall–Kier alpha value is -1.29. The van der Waals surface area contributed by atoms with Gasteiger partial charge in [-0.05, 0) is 46.1 Å². The number of carbonyl (C=O) groups is 1. The minimum atomic E-state index is -0.360. The topological polar surface area (TPSA) is 54.3 Å². The maximum atomic E-state index is 11.9. The average molecular weight is 250 g/mol. The Morgan fingerprint density at radius 3 is 2.94 bits per heavy atom. The van der Waals surface area contributed by atoms with E-state index in [2.05, 4.69) is 5.32 Å². The number of hydrogen-bond acceptors (Lipinski definition) is 2. The third-order valence-corrected chi connectivity index (χ3v) is 3.19. The van der Waals surface area contributed by atoms with Crippen molar-refractivity contribution in [2.75, 3.05) is 0 Å². The summed E-state index contributed by atoms with van der Waals surface area (Å²) in [5.74, 6) is 0.0148.